The number of anilines is 1. The molecular weight excluding hydrogens is 421 g/mol. The first-order valence-corrected chi connectivity index (χ1v) is 12.2. The van der Waals surface area contributed by atoms with E-state index in [4.69, 9.17) is 0 Å². The number of piperazine rings is 1. The van der Waals surface area contributed by atoms with Gasteiger partial charge in [0, 0.05) is 44.8 Å². The molecule has 2 aliphatic rings. The Balaban J connectivity index is 1.38. The summed E-state index contributed by atoms with van der Waals surface area (Å²) in [6, 6.07) is 9.84. The van der Waals surface area contributed by atoms with E-state index in [0.717, 1.165) is 24.9 Å². The van der Waals surface area contributed by atoms with Crippen molar-refractivity contribution >= 4 is 21.7 Å². The lowest BCUT2D eigenvalue weighted by Crippen LogP contribution is -2.53. The molecule has 0 bridgehead atoms. The zero-order valence-electron chi connectivity index (χ0n) is 17.4. The maximum absolute atomic E-state index is 13.1. The van der Waals surface area contributed by atoms with Crippen LogP contribution < -0.4 is 4.90 Å². The van der Waals surface area contributed by atoms with Gasteiger partial charge in [-0.25, -0.2) is 12.8 Å². The Labute approximate surface area is 181 Å². The van der Waals surface area contributed by atoms with Crippen molar-refractivity contribution in [3.8, 4) is 11.3 Å². The molecule has 10 heteroatoms. The number of nitrogens with zero attached hydrogens (tertiary/aromatic N) is 5. The van der Waals surface area contributed by atoms with E-state index in [2.05, 4.69) is 15.1 Å². The molecule has 4 rings (SSSR count). The highest BCUT2D eigenvalue weighted by Gasteiger charge is 2.33. The fraction of sp³-hybridized carbons (Fsp3) is 0.476. The molecule has 1 unspecified atom stereocenters. The number of carbonyl (C=O) groups excluding carboxylic acids is 1. The Morgan fingerprint density at radius 1 is 1.00 bits per heavy atom. The highest BCUT2D eigenvalue weighted by Crippen LogP contribution is 2.25. The number of aromatic nitrogens is 2. The van der Waals surface area contributed by atoms with Crippen LogP contribution >= 0.6 is 0 Å². The Morgan fingerprint density at radius 3 is 2.32 bits per heavy atom. The molecule has 166 valence electrons. The quantitative estimate of drug-likeness (QED) is 0.708. The van der Waals surface area contributed by atoms with E-state index in [1.54, 1.807) is 17.0 Å². The minimum absolute atomic E-state index is 0.0775. The summed E-state index contributed by atoms with van der Waals surface area (Å²) < 4.78 is 37.9. The lowest BCUT2D eigenvalue weighted by Gasteiger charge is -2.38. The van der Waals surface area contributed by atoms with E-state index >= 15 is 0 Å². The molecule has 2 saturated heterocycles. The molecule has 0 aliphatic carbocycles. The monoisotopic (exact) mass is 447 g/mol. The molecule has 0 spiro atoms. The van der Waals surface area contributed by atoms with E-state index in [9.17, 15) is 17.6 Å². The summed E-state index contributed by atoms with van der Waals surface area (Å²) in [7, 11) is -3.22. The van der Waals surface area contributed by atoms with Crippen LogP contribution in [0.5, 0.6) is 0 Å². The number of carbonyl (C=O) groups is 1. The average Bonchev–Trinajstić information content (AvgIpc) is 2.79. The average molecular weight is 448 g/mol. The van der Waals surface area contributed by atoms with Gasteiger partial charge in [0.1, 0.15) is 5.82 Å². The van der Waals surface area contributed by atoms with Crippen LogP contribution in [0.3, 0.4) is 0 Å². The minimum atomic E-state index is -3.22. The van der Waals surface area contributed by atoms with Crippen LogP contribution in [0, 0.1) is 11.7 Å². The number of piperidine rings is 1. The van der Waals surface area contributed by atoms with Gasteiger partial charge in [0.25, 0.3) is 0 Å². The van der Waals surface area contributed by atoms with Crippen LogP contribution in [-0.4, -0.2) is 79.3 Å². The summed E-state index contributed by atoms with van der Waals surface area (Å²) in [6.45, 7) is 2.91. The third-order valence-electron chi connectivity index (χ3n) is 5.90. The van der Waals surface area contributed by atoms with Crippen molar-refractivity contribution < 1.29 is 17.6 Å². The van der Waals surface area contributed by atoms with Gasteiger partial charge in [-0.15, -0.1) is 10.2 Å². The number of sulfonamides is 1. The largest absolute Gasteiger partial charge is 0.354 e. The zero-order chi connectivity index (χ0) is 22.0. The maximum atomic E-state index is 13.1. The molecule has 0 N–H and O–H groups in total. The number of hydrogen-bond donors (Lipinski definition) is 0. The molecule has 0 radical (unpaired) electrons. The Hall–Kier alpha value is -2.59. The highest BCUT2D eigenvalue weighted by atomic mass is 32.2. The molecule has 2 aromatic rings. The summed E-state index contributed by atoms with van der Waals surface area (Å²) in [5, 5.41) is 8.60. The molecule has 31 heavy (non-hydrogen) atoms. The third-order valence-corrected chi connectivity index (χ3v) is 7.21. The lowest BCUT2D eigenvalue weighted by atomic mass is 9.96. The number of rotatable bonds is 4. The van der Waals surface area contributed by atoms with Gasteiger partial charge in [-0.1, -0.05) is 0 Å². The molecule has 0 saturated carbocycles. The molecule has 3 heterocycles. The van der Waals surface area contributed by atoms with Crippen LogP contribution in [-0.2, 0) is 14.8 Å². The van der Waals surface area contributed by atoms with Crippen LogP contribution in [0.15, 0.2) is 36.4 Å². The van der Waals surface area contributed by atoms with Crippen LogP contribution in [0.1, 0.15) is 12.8 Å². The predicted molar refractivity (Wildman–Crippen MR) is 115 cm³/mol. The van der Waals surface area contributed by atoms with Crippen molar-refractivity contribution in [3.05, 3.63) is 42.2 Å². The summed E-state index contributed by atoms with van der Waals surface area (Å²) in [4.78, 5) is 16.9. The van der Waals surface area contributed by atoms with Gasteiger partial charge in [0.2, 0.25) is 15.9 Å². The summed E-state index contributed by atoms with van der Waals surface area (Å²) in [5.41, 5.74) is 1.46. The van der Waals surface area contributed by atoms with Gasteiger partial charge in [0.05, 0.1) is 17.9 Å². The standard InChI is InChI=1S/C21H26FN5O3S/c1-31(29,30)27-13-11-25(12-14-27)21(28)17-3-2-10-26(15-17)20-9-8-19(23-24-20)16-4-6-18(22)7-5-16/h4-9,17H,2-3,10-15H2,1H3. The summed E-state index contributed by atoms with van der Waals surface area (Å²) in [6.07, 6.45) is 2.88. The summed E-state index contributed by atoms with van der Waals surface area (Å²) in [5.74, 6) is 0.353. The van der Waals surface area contributed by atoms with Crippen molar-refractivity contribution in [3.63, 3.8) is 0 Å². The normalized spacial score (nSPS) is 20.6. The fourth-order valence-corrected chi connectivity index (χ4v) is 4.98. The Bertz CT molecular complexity index is 1020. The maximum Gasteiger partial charge on any atom is 0.227 e. The van der Waals surface area contributed by atoms with Crippen LogP contribution in [0.4, 0.5) is 10.2 Å². The first-order chi connectivity index (χ1) is 14.8. The molecule has 1 atom stereocenters. The predicted octanol–water partition coefficient (Wildman–Crippen LogP) is 1.60. The molecule has 1 aromatic heterocycles. The lowest BCUT2D eigenvalue weighted by molar-refractivity contribution is -0.137. The molecule has 1 aromatic carbocycles. The first kappa shape index (κ1) is 21.6. The summed E-state index contributed by atoms with van der Waals surface area (Å²) >= 11 is 0. The first-order valence-electron chi connectivity index (χ1n) is 10.4. The van der Waals surface area contributed by atoms with Gasteiger partial charge < -0.3 is 9.80 Å². The molecule has 8 nitrogen and oxygen atoms in total. The second kappa shape index (κ2) is 8.88. The van der Waals surface area contributed by atoms with Crippen molar-refractivity contribution in [1.82, 2.24) is 19.4 Å². The van der Waals surface area contributed by atoms with E-state index in [1.807, 2.05) is 12.1 Å². The van der Waals surface area contributed by atoms with Crippen molar-refractivity contribution in [1.29, 1.82) is 0 Å². The van der Waals surface area contributed by atoms with Gasteiger partial charge >= 0.3 is 0 Å². The fourth-order valence-electron chi connectivity index (χ4n) is 4.15. The highest BCUT2D eigenvalue weighted by molar-refractivity contribution is 7.88. The van der Waals surface area contributed by atoms with Gasteiger partial charge in [-0.05, 0) is 49.2 Å². The molecule has 2 fully saturated rings. The van der Waals surface area contributed by atoms with E-state index in [1.165, 1.54) is 22.7 Å². The van der Waals surface area contributed by atoms with Crippen molar-refractivity contribution in [2.24, 2.45) is 5.92 Å². The molecule has 2 aliphatic heterocycles. The topological polar surface area (TPSA) is 86.7 Å². The Morgan fingerprint density at radius 2 is 1.71 bits per heavy atom. The van der Waals surface area contributed by atoms with Gasteiger partial charge in [0.15, 0.2) is 5.82 Å². The van der Waals surface area contributed by atoms with E-state index in [-0.39, 0.29) is 17.6 Å². The second-order valence-corrected chi connectivity index (χ2v) is 10.0. The third kappa shape index (κ3) is 5.01. The van der Waals surface area contributed by atoms with Gasteiger partial charge in [-0.3, -0.25) is 4.79 Å². The Kier molecular flexibility index (Phi) is 6.19. The van der Waals surface area contributed by atoms with Crippen molar-refractivity contribution in [2.75, 3.05) is 50.4 Å². The molecule has 1 amide bonds. The zero-order valence-corrected chi connectivity index (χ0v) is 18.3. The van der Waals surface area contributed by atoms with E-state index < -0.39 is 10.0 Å². The van der Waals surface area contributed by atoms with Gasteiger partial charge in [-0.2, -0.15) is 4.31 Å². The number of amides is 1. The van der Waals surface area contributed by atoms with Crippen LogP contribution in [0.25, 0.3) is 11.3 Å². The number of benzene rings is 1. The second-order valence-electron chi connectivity index (χ2n) is 8.06. The molecular formula is C21H26FN5O3S. The smallest absolute Gasteiger partial charge is 0.227 e. The number of hydrogen-bond acceptors (Lipinski definition) is 6. The number of halogens is 1. The van der Waals surface area contributed by atoms with E-state index in [0.29, 0.717) is 44.2 Å². The van der Waals surface area contributed by atoms with Crippen molar-refractivity contribution in [2.45, 2.75) is 12.8 Å². The minimum Gasteiger partial charge on any atom is -0.354 e. The van der Waals surface area contributed by atoms with Crippen LogP contribution in [0.2, 0.25) is 0 Å². The SMILES string of the molecule is CS(=O)(=O)N1CCN(C(=O)C2CCCN(c3ccc(-c4ccc(F)cc4)nn3)C2)CC1.